The summed E-state index contributed by atoms with van der Waals surface area (Å²) in [4.78, 5) is 0. The first kappa shape index (κ1) is 14.3. The van der Waals surface area contributed by atoms with E-state index in [0.29, 0.717) is 5.02 Å². The fourth-order valence-corrected chi connectivity index (χ4v) is 2.05. The molecule has 17 heavy (non-hydrogen) atoms. The van der Waals surface area contributed by atoms with E-state index >= 15 is 0 Å². The van der Waals surface area contributed by atoms with Gasteiger partial charge < -0.3 is 15.8 Å². The lowest BCUT2D eigenvalue weighted by Gasteiger charge is -2.27. The molecule has 0 spiro atoms. The first-order valence-corrected chi connectivity index (χ1v) is 6.05. The van der Waals surface area contributed by atoms with E-state index in [-0.39, 0.29) is 11.6 Å². The van der Waals surface area contributed by atoms with Crippen molar-refractivity contribution in [1.82, 2.24) is 5.32 Å². The molecule has 96 valence electrons. The standard InChI is InChI=1S/C13H21ClN2O/c1-13(2,15)8-11(16-3)10-7-9(14)5-6-12(10)17-4/h5-7,11,16H,8,15H2,1-4H3. The van der Waals surface area contributed by atoms with Crippen LogP contribution >= 0.6 is 11.6 Å². The van der Waals surface area contributed by atoms with Crippen LogP contribution in [0.5, 0.6) is 5.75 Å². The summed E-state index contributed by atoms with van der Waals surface area (Å²) in [7, 11) is 3.57. The lowest BCUT2D eigenvalue weighted by Crippen LogP contribution is -2.37. The molecule has 1 unspecified atom stereocenters. The van der Waals surface area contributed by atoms with Crippen molar-refractivity contribution in [2.75, 3.05) is 14.2 Å². The third-order valence-corrected chi connectivity index (χ3v) is 2.88. The largest absolute Gasteiger partial charge is 0.496 e. The molecule has 0 amide bonds. The normalized spacial score (nSPS) is 13.5. The average Bonchev–Trinajstić information content (AvgIpc) is 2.24. The number of ether oxygens (including phenoxy) is 1. The number of methoxy groups -OCH3 is 1. The van der Waals surface area contributed by atoms with E-state index in [1.165, 1.54) is 0 Å². The van der Waals surface area contributed by atoms with Gasteiger partial charge >= 0.3 is 0 Å². The highest BCUT2D eigenvalue weighted by atomic mass is 35.5. The highest BCUT2D eigenvalue weighted by Gasteiger charge is 2.22. The molecule has 0 radical (unpaired) electrons. The van der Waals surface area contributed by atoms with Gasteiger partial charge in [-0.3, -0.25) is 0 Å². The first-order chi connectivity index (χ1) is 7.87. The SMILES string of the molecule is CNC(CC(C)(C)N)c1cc(Cl)ccc1OC. The van der Waals surface area contributed by atoms with E-state index in [4.69, 9.17) is 22.1 Å². The van der Waals surface area contributed by atoms with Crippen LogP contribution in [0.3, 0.4) is 0 Å². The maximum absolute atomic E-state index is 6.07. The maximum Gasteiger partial charge on any atom is 0.123 e. The minimum absolute atomic E-state index is 0.128. The number of halogens is 1. The van der Waals surface area contributed by atoms with Crippen molar-refractivity contribution in [3.8, 4) is 5.75 Å². The molecule has 0 aromatic heterocycles. The molecule has 3 nitrogen and oxygen atoms in total. The summed E-state index contributed by atoms with van der Waals surface area (Å²) < 4.78 is 5.36. The van der Waals surface area contributed by atoms with Gasteiger partial charge in [0.25, 0.3) is 0 Å². The Morgan fingerprint density at radius 3 is 2.59 bits per heavy atom. The third-order valence-electron chi connectivity index (χ3n) is 2.65. The van der Waals surface area contributed by atoms with Gasteiger partial charge in [-0.1, -0.05) is 11.6 Å². The second kappa shape index (κ2) is 5.71. The molecule has 0 aliphatic heterocycles. The summed E-state index contributed by atoms with van der Waals surface area (Å²) >= 11 is 6.03. The topological polar surface area (TPSA) is 47.3 Å². The van der Waals surface area contributed by atoms with Gasteiger partial charge in [0.1, 0.15) is 5.75 Å². The van der Waals surface area contributed by atoms with Gasteiger partial charge in [-0.2, -0.15) is 0 Å². The molecule has 1 aromatic rings. The second-order valence-corrected chi connectivity index (χ2v) is 5.36. The van der Waals surface area contributed by atoms with Crippen molar-refractivity contribution in [2.45, 2.75) is 31.8 Å². The van der Waals surface area contributed by atoms with Crippen molar-refractivity contribution >= 4 is 11.6 Å². The molecular weight excluding hydrogens is 236 g/mol. The predicted octanol–water partition coefficient (Wildman–Crippen LogP) is 2.74. The quantitative estimate of drug-likeness (QED) is 0.852. The number of benzene rings is 1. The minimum Gasteiger partial charge on any atom is -0.496 e. The van der Waals surface area contributed by atoms with Crippen LogP contribution in [-0.2, 0) is 0 Å². The van der Waals surface area contributed by atoms with Crippen molar-refractivity contribution in [3.63, 3.8) is 0 Å². The van der Waals surface area contributed by atoms with E-state index in [1.54, 1.807) is 7.11 Å². The molecule has 0 aliphatic carbocycles. The molecule has 0 heterocycles. The van der Waals surface area contributed by atoms with Gasteiger partial charge in [-0.15, -0.1) is 0 Å². The van der Waals surface area contributed by atoms with Crippen LogP contribution in [0.1, 0.15) is 31.9 Å². The fraction of sp³-hybridized carbons (Fsp3) is 0.538. The minimum atomic E-state index is -0.249. The number of rotatable bonds is 5. The summed E-state index contributed by atoms with van der Waals surface area (Å²) in [6.45, 7) is 4.02. The molecule has 3 N–H and O–H groups in total. The molecular formula is C13H21ClN2O. The Morgan fingerprint density at radius 1 is 1.47 bits per heavy atom. The van der Waals surface area contributed by atoms with Crippen LogP contribution in [0.25, 0.3) is 0 Å². The van der Waals surface area contributed by atoms with Crippen LogP contribution in [0.15, 0.2) is 18.2 Å². The van der Waals surface area contributed by atoms with Gasteiger partial charge in [-0.25, -0.2) is 0 Å². The molecule has 0 saturated carbocycles. The van der Waals surface area contributed by atoms with E-state index in [1.807, 2.05) is 39.1 Å². The zero-order valence-corrected chi connectivity index (χ0v) is 11.6. The monoisotopic (exact) mass is 256 g/mol. The summed E-state index contributed by atoms with van der Waals surface area (Å²) in [6.07, 6.45) is 0.806. The van der Waals surface area contributed by atoms with Gasteiger partial charge in [0, 0.05) is 22.2 Å². The molecule has 1 atom stereocenters. The third kappa shape index (κ3) is 4.19. The van der Waals surface area contributed by atoms with Crippen molar-refractivity contribution in [3.05, 3.63) is 28.8 Å². The molecule has 0 aliphatic rings. The zero-order valence-electron chi connectivity index (χ0n) is 10.9. The molecule has 0 saturated heterocycles. The Bertz CT molecular complexity index is 374. The first-order valence-electron chi connectivity index (χ1n) is 5.67. The number of hydrogen-bond donors (Lipinski definition) is 2. The van der Waals surface area contributed by atoms with E-state index in [2.05, 4.69) is 5.32 Å². The summed E-state index contributed by atoms with van der Waals surface area (Å²) in [6, 6.07) is 5.76. The van der Waals surface area contributed by atoms with Crippen LogP contribution in [0, 0.1) is 0 Å². The smallest absolute Gasteiger partial charge is 0.123 e. The lowest BCUT2D eigenvalue weighted by molar-refractivity contribution is 0.369. The van der Waals surface area contributed by atoms with E-state index < -0.39 is 0 Å². The average molecular weight is 257 g/mol. The summed E-state index contributed by atoms with van der Waals surface area (Å²) in [5.41, 5.74) is 6.86. The number of hydrogen-bond acceptors (Lipinski definition) is 3. The highest BCUT2D eigenvalue weighted by Crippen LogP contribution is 2.31. The van der Waals surface area contributed by atoms with Crippen molar-refractivity contribution in [2.24, 2.45) is 5.73 Å². The molecule has 0 bridgehead atoms. The highest BCUT2D eigenvalue weighted by molar-refractivity contribution is 6.30. The van der Waals surface area contributed by atoms with Crippen LogP contribution in [-0.4, -0.2) is 19.7 Å². The Morgan fingerprint density at radius 2 is 2.12 bits per heavy atom. The predicted molar refractivity (Wildman–Crippen MR) is 72.7 cm³/mol. The van der Waals surface area contributed by atoms with Gasteiger partial charge in [-0.05, 0) is 45.5 Å². The number of nitrogens with one attached hydrogen (secondary N) is 1. The van der Waals surface area contributed by atoms with Crippen LogP contribution < -0.4 is 15.8 Å². The summed E-state index contributed by atoms with van der Waals surface area (Å²) in [5.74, 6) is 0.831. The lowest BCUT2D eigenvalue weighted by atomic mass is 9.91. The molecule has 1 aromatic carbocycles. The maximum atomic E-state index is 6.07. The fourth-order valence-electron chi connectivity index (χ4n) is 1.87. The Hall–Kier alpha value is -0.770. The molecule has 1 rings (SSSR count). The Labute approximate surface area is 108 Å². The van der Waals surface area contributed by atoms with Gasteiger partial charge in [0.15, 0.2) is 0 Å². The zero-order chi connectivity index (χ0) is 13.1. The Kier molecular flexibility index (Phi) is 4.80. The second-order valence-electron chi connectivity index (χ2n) is 4.92. The van der Waals surface area contributed by atoms with Crippen molar-refractivity contribution < 1.29 is 4.74 Å². The van der Waals surface area contributed by atoms with E-state index in [0.717, 1.165) is 17.7 Å². The van der Waals surface area contributed by atoms with Gasteiger partial charge in [0.2, 0.25) is 0 Å². The summed E-state index contributed by atoms with van der Waals surface area (Å²) in [5, 5.41) is 3.96. The van der Waals surface area contributed by atoms with Gasteiger partial charge in [0.05, 0.1) is 7.11 Å². The van der Waals surface area contributed by atoms with E-state index in [9.17, 15) is 0 Å². The van der Waals surface area contributed by atoms with Crippen molar-refractivity contribution in [1.29, 1.82) is 0 Å². The van der Waals surface area contributed by atoms with Crippen LogP contribution in [0.4, 0.5) is 0 Å². The van der Waals surface area contributed by atoms with Crippen LogP contribution in [0.2, 0.25) is 5.02 Å². The molecule has 0 fully saturated rings. The molecule has 4 heteroatoms. The number of nitrogens with two attached hydrogens (primary N) is 1. The Balaban J connectivity index is 3.06.